The molecule has 0 aliphatic heterocycles. The van der Waals surface area contributed by atoms with Crippen LogP contribution in [0.25, 0.3) is 116 Å². The molecule has 6 heteroatoms. The van der Waals surface area contributed by atoms with Crippen molar-refractivity contribution in [2.24, 2.45) is 0 Å². The van der Waals surface area contributed by atoms with Gasteiger partial charge in [0.1, 0.15) is 0 Å². The van der Waals surface area contributed by atoms with Crippen LogP contribution in [0.2, 0.25) is 0 Å². The topological polar surface area (TPSA) is 53.5 Å². The van der Waals surface area contributed by atoms with Crippen LogP contribution >= 0.6 is 0 Å². The van der Waals surface area contributed by atoms with Crippen LogP contribution in [0.4, 0.5) is 0 Å². The van der Waals surface area contributed by atoms with Gasteiger partial charge in [-0.15, -0.1) is 0 Å². The van der Waals surface area contributed by atoms with E-state index in [9.17, 15) is 0 Å². The van der Waals surface area contributed by atoms with Gasteiger partial charge in [-0.1, -0.05) is 158 Å². The third kappa shape index (κ3) is 4.93. The molecule has 0 radical (unpaired) electrons. The van der Waals surface area contributed by atoms with Crippen molar-refractivity contribution in [1.82, 2.24) is 28.7 Å². The van der Waals surface area contributed by atoms with Gasteiger partial charge in [0.05, 0.1) is 44.5 Å². The zero-order valence-electron chi connectivity index (χ0n) is 32.8. The first kappa shape index (κ1) is 33.6. The molecule has 0 spiro atoms. The molecule has 0 aliphatic rings. The summed E-state index contributed by atoms with van der Waals surface area (Å²) in [7, 11) is 0. The van der Waals surface area contributed by atoms with E-state index in [1.807, 2.05) is 36.4 Å². The van der Waals surface area contributed by atoms with Gasteiger partial charge < -0.3 is 9.13 Å². The second kappa shape index (κ2) is 13.1. The van der Waals surface area contributed by atoms with Crippen LogP contribution in [0.15, 0.2) is 206 Å². The molecule has 0 unspecified atom stereocenters. The minimum absolute atomic E-state index is 0.571. The molecule has 0 saturated heterocycles. The number of nitrogens with zero attached hydrogens (tertiary/aromatic N) is 6. The Labute approximate surface area is 349 Å². The fourth-order valence-corrected chi connectivity index (χ4v) is 9.74. The smallest absolute Gasteiger partial charge is 0.238 e. The van der Waals surface area contributed by atoms with Gasteiger partial charge in [0.25, 0.3) is 0 Å². The van der Waals surface area contributed by atoms with Crippen LogP contribution in [0.5, 0.6) is 0 Å². The van der Waals surface area contributed by atoms with E-state index in [0.29, 0.717) is 17.6 Å². The van der Waals surface area contributed by atoms with E-state index < -0.39 is 0 Å². The van der Waals surface area contributed by atoms with Crippen molar-refractivity contribution in [3.63, 3.8) is 0 Å². The molecular formula is C55H34N6. The van der Waals surface area contributed by atoms with Gasteiger partial charge in [0.15, 0.2) is 11.6 Å². The Kier molecular flexibility index (Phi) is 7.21. The minimum Gasteiger partial charge on any atom is -0.309 e. The second-order valence-electron chi connectivity index (χ2n) is 15.6. The summed E-state index contributed by atoms with van der Waals surface area (Å²) in [5, 5.41) is 9.62. The van der Waals surface area contributed by atoms with E-state index in [1.54, 1.807) is 0 Å². The maximum atomic E-state index is 5.21. The fourth-order valence-electron chi connectivity index (χ4n) is 9.74. The summed E-state index contributed by atoms with van der Waals surface area (Å²) in [6.45, 7) is 0. The van der Waals surface area contributed by atoms with E-state index in [-0.39, 0.29) is 0 Å². The number of hydrogen-bond donors (Lipinski definition) is 0. The van der Waals surface area contributed by atoms with Crippen LogP contribution in [0.3, 0.4) is 0 Å². The molecule has 13 rings (SSSR count). The standard InChI is InChI=1S/C55H34N6/c1-3-18-36(19-4-1)53-56-54(37-20-5-2-6-21-37)58-55(57-53)61-45-29-14-9-24-39(45)50-46(31-16-32-47(50)61)60-44-28-13-11-26-41(44)52-49(60)34-33-48-51(52)40-25-10-12-27-43(40)59(48)42-30-15-22-35-17-7-8-23-38(35)42/h1-34H. The highest BCUT2D eigenvalue weighted by Crippen LogP contribution is 2.45. The minimum atomic E-state index is 0.571. The molecule has 0 aliphatic carbocycles. The summed E-state index contributed by atoms with van der Waals surface area (Å²) >= 11 is 0. The number of fused-ring (bicyclic) bond motifs is 11. The van der Waals surface area contributed by atoms with E-state index in [1.165, 1.54) is 49.0 Å². The highest BCUT2D eigenvalue weighted by atomic mass is 15.2. The molecule has 9 aromatic carbocycles. The molecule has 0 fully saturated rings. The molecule has 4 heterocycles. The summed E-state index contributed by atoms with van der Waals surface area (Å²) in [5.74, 6) is 1.82. The molecule has 0 atom stereocenters. The van der Waals surface area contributed by atoms with Crippen molar-refractivity contribution in [3.8, 4) is 40.1 Å². The van der Waals surface area contributed by atoms with E-state index in [0.717, 1.165) is 49.7 Å². The highest BCUT2D eigenvalue weighted by Gasteiger charge is 2.24. The van der Waals surface area contributed by atoms with Gasteiger partial charge in [-0.05, 0) is 53.9 Å². The van der Waals surface area contributed by atoms with E-state index in [2.05, 4.69) is 184 Å². The first-order valence-electron chi connectivity index (χ1n) is 20.6. The number of para-hydroxylation sites is 3. The molecular weight excluding hydrogens is 745 g/mol. The van der Waals surface area contributed by atoms with Crippen LogP contribution < -0.4 is 0 Å². The number of rotatable bonds is 5. The normalized spacial score (nSPS) is 11.9. The number of aromatic nitrogens is 6. The van der Waals surface area contributed by atoms with Crippen LogP contribution in [0, 0.1) is 0 Å². The third-order valence-electron chi connectivity index (χ3n) is 12.3. The first-order valence-corrected chi connectivity index (χ1v) is 20.6. The average molecular weight is 779 g/mol. The van der Waals surface area contributed by atoms with Crippen molar-refractivity contribution < 1.29 is 0 Å². The van der Waals surface area contributed by atoms with Gasteiger partial charge in [-0.25, -0.2) is 4.98 Å². The Morgan fingerprint density at radius 2 is 0.672 bits per heavy atom. The summed E-state index contributed by atoms with van der Waals surface area (Å²) in [5.41, 5.74) is 10.8. The SMILES string of the molecule is c1ccc(-c2nc(-c3ccccc3)nc(-n3c4ccccc4c4c(-n5c6ccccc6c6c7c8ccccc8n(-c8cccc9ccccc89)c7ccc65)cccc43)n2)cc1. The van der Waals surface area contributed by atoms with Crippen LogP contribution in [-0.2, 0) is 0 Å². The predicted molar refractivity (Wildman–Crippen MR) is 251 cm³/mol. The number of hydrogen-bond acceptors (Lipinski definition) is 3. The molecule has 6 nitrogen and oxygen atoms in total. The quantitative estimate of drug-likeness (QED) is 0.175. The lowest BCUT2D eigenvalue weighted by Crippen LogP contribution is -2.06. The van der Waals surface area contributed by atoms with E-state index in [4.69, 9.17) is 15.0 Å². The Morgan fingerprint density at radius 1 is 0.262 bits per heavy atom. The van der Waals surface area contributed by atoms with Gasteiger partial charge in [-0.3, -0.25) is 4.57 Å². The summed E-state index contributed by atoms with van der Waals surface area (Å²) in [6, 6.07) is 73.2. The zero-order valence-corrected chi connectivity index (χ0v) is 32.8. The molecule has 0 N–H and O–H groups in total. The van der Waals surface area contributed by atoms with Crippen molar-refractivity contribution in [1.29, 1.82) is 0 Å². The van der Waals surface area contributed by atoms with Crippen molar-refractivity contribution in [2.75, 3.05) is 0 Å². The van der Waals surface area contributed by atoms with Crippen molar-refractivity contribution >= 4 is 76.2 Å². The maximum Gasteiger partial charge on any atom is 0.238 e. The maximum absolute atomic E-state index is 5.21. The van der Waals surface area contributed by atoms with Crippen molar-refractivity contribution in [3.05, 3.63) is 206 Å². The van der Waals surface area contributed by atoms with Crippen LogP contribution in [-0.4, -0.2) is 28.7 Å². The van der Waals surface area contributed by atoms with Gasteiger partial charge >= 0.3 is 0 Å². The lowest BCUT2D eigenvalue weighted by Gasteiger charge is -2.13. The monoisotopic (exact) mass is 778 g/mol. The first-order chi connectivity index (χ1) is 30.3. The van der Waals surface area contributed by atoms with Gasteiger partial charge in [-0.2, -0.15) is 9.97 Å². The summed E-state index contributed by atoms with van der Waals surface area (Å²) < 4.78 is 7.12. The fraction of sp³-hybridized carbons (Fsp3) is 0. The molecule has 284 valence electrons. The average Bonchev–Trinajstić information content (AvgIpc) is 3.97. The van der Waals surface area contributed by atoms with Gasteiger partial charge in [0, 0.05) is 48.8 Å². The molecule has 0 amide bonds. The molecule has 4 aromatic heterocycles. The Hall–Kier alpha value is -8.35. The van der Waals surface area contributed by atoms with Crippen LogP contribution in [0.1, 0.15) is 0 Å². The predicted octanol–water partition coefficient (Wildman–Crippen LogP) is 13.7. The van der Waals surface area contributed by atoms with Gasteiger partial charge in [0.2, 0.25) is 5.95 Å². The lowest BCUT2D eigenvalue weighted by molar-refractivity contribution is 0.953. The second-order valence-corrected chi connectivity index (χ2v) is 15.6. The Morgan fingerprint density at radius 3 is 1.28 bits per heavy atom. The molecule has 13 aromatic rings. The molecule has 61 heavy (non-hydrogen) atoms. The summed E-state index contributed by atoms with van der Waals surface area (Å²) in [4.78, 5) is 15.4. The van der Waals surface area contributed by atoms with Crippen molar-refractivity contribution in [2.45, 2.75) is 0 Å². The highest BCUT2D eigenvalue weighted by molar-refractivity contribution is 6.29. The lowest BCUT2D eigenvalue weighted by atomic mass is 10.1. The number of benzene rings is 9. The Balaban J connectivity index is 1.12. The summed E-state index contributed by atoms with van der Waals surface area (Å²) in [6.07, 6.45) is 0. The largest absolute Gasteiger partial charge is 0.309 e. The Bertz CT molecular complexity index is 3810. The molecule has 0 saturated carbocycles. The zero-order chi connectivity index (χ0) is 40.0. The molecule has 0 bridgehead atoms. The van der Waals surface area contributed by atoms with E-state index >= 15 is 0 Å². The third-order valence-corrected chi connectivity index (χ3v) is 12.3.